The molecule has 0 unspecified atom stereocenters. The zero-order valence-electron chi connectivity index (χ0n) is 18.0. The minimum atomic E-state index is -0.483. The third-order valence-corrected chi connectivity index (χ3v) is 5.45. The Kier molecular flexibility index (Phi) is 5.23. The van der Waals surface area contributed by atoms with Gasteiger partial charge < -0.3 is 9.88 Å². The van der Waals surface area contributed by atoms with Crippen molar-refractivity contribution in [1.29, 1.82) is 0 Å². The van der Waals surface area contributed by atoms with Crippen molar-refractivity contribution in [3.8, 4) is 5.69 Å². The van der Waals surface area contributed by atoms with Crippen LogP contribution in [-0.2, 0) is 11.3 Å². The van der Waals surface area contributed by atoms with Gasteiger partial charge in [-0.2, -0.15) is 0 Å². The molecule has 1 aliphatic rings. The Hall–Kier alpha value is -3.67. The second kappa shape index (κ2) is 7.87. The van der Waals surface area contributed by atoms with Crippen LogP contribution in [0.2, 0.25) is 0 Å². The number of hydrogen-bond donors (Lipinski definition) is 1. The lowest BCUT2D eigenvalue weighted by atomic mass is 10.1. The Balaban J connectivity index is 1.64. The molecule has 5 nitrogen and oxygen atoms in total. The summed E-state index contributed by atoms with van der Waals surface area (Å²) in [4.78, 5) is 26.4. The zero-order chi connectivity index (χ0) is 22.3. The van der Waals surface area contributed by atoms with E-state index in [0.29, 0.717) is 5.56 Å². The van der Waals surface area contributed by atoms with Gasteiger partial charge in [-0.25, -0.2) is 9.18 Å². The Bertz CT molecular complexity index is 1200. The highest BCUT2D eigenvalue weighted by molar-refractivity contribution is 6.14. The Morgan fingerprint density at radius 1 is 0.935 bits per heavy atom. The van der Waals surface area contributed by atoms with Crippen molar-refractivity contribution in [2.45, 2.75) is 34.2 Å². The lowest BCUT2D eigenvalue weighted by Crippen LogP contribution is -2.30. The molecule has 1 aliphatic heterocycles. The molecule has 0 aliphatic carbocycles. The fourth-order valence-electron chi connectivity index (χ4n) is 4.05. The summed E-state index contributed by atoms with van der Waals surface area (Å²) in [7, 11) is 0. The molecule has 4 rings (SSSR count). The van der Waals surface area contributed by atoms with Crippen LogP contribution in [0, 0.1) is 33.5 Å². The predicted molar refractivity (Wildman–Crippen MR) is 118 cm³/mol. The van der Waals surface area contributed by atoms with E-state index < -0.39 is 11.9 Å². The van der Waals surface area contributed by atoms with Crippen molar-refractivity contribution in [3.05, 3.63) is 93.7 Å². The number of amides is 3. The third kappa shape index (κ3) is 4.01. The van der Waals surface area contributed by atoms with Crippen LogP contribution in [-0.4, -0.2) is 21.4 Å². The van der Waals surface area contributed by atoms with Crippen LogP contribution in [0.1, 0.15) is 33.6 Å². The molecule has 0 spiro atoms. The summed E-state index contributed by atoms with van der Waals surface area (Å²) in [6.07, 6.45) is 1.71. The maximum atomic E-state index is 13.1. The maximum absolute atomic E-state index is 13.1. The van der Waals surface area contributed by atoms with Crippen LogP contribution in [0.15, 0.2) is 54.2 Å². The van der Waals surface area contributed by atoms with E-state index in [-0.39, 0.29) is 18.1 Å². The number of aromatic nitrogens is 1. The molecule has 6 heteroatoms. The standard InChI is InChI=1S/C25H24FN3O2/c1-15-9-16(2)11-22(10-15)29-17(3)12-20(18(29)4)13-23-24(30)28(25(31)27-23)14-19-5-7-21(26)8-6-19/h5-13H,14H2,1-4H3,(H,27,31)/b23-13+. The van der Waals surface area contributed by atoms with Crippen molar-refractivity contribution < 1.29 is 14.0 Å². The molecule has 0 saturated carbocycles. The molecule has 1 N–H and O–H groups in total. The number of imide groups is 1. The highest BCUT2D eigenvalue weighted by Gasteiger charge is 2.33. The Morgan fingerprint density at radius 2 is 1.58 bits per heavy atom. The highest BCUT2D eigenvalue weighted by Crippen LogP contribution is 2.25. The van der Waals surface area contributed by atoms with Gasteiger partial charge in [0.1, 0.15) is 11.5 Å². The second-order valence-electron chi connectivity index (χ2n) is 8.01. The average Bonchev–Trinajstić information content (AvgIpc) is 3.12. The van der Waals surface area contributed by atoms with E-state index in [1.54, 1.807) is 18.2 Å². The quantitative estimate of drug-likeness (QED) is 0.483. The Labute approximate surface area is 180 Å². The molecule has 158 valence electrons. The van der Waals surface area contributed by atoms with Crippen molar-refractivity contribution in [3.63, 3.8) is 0 Å². The number of halogens is 1. The first-order chi connectivity index (χ1) is 14.7. The SMILES string of the molecule is Cc1cc(C)cc(-n2c(C)cc(/C=C3/NC(=O)N(Cc4ccc(F)cc4)C3=O)c2C)c1. The molecule has 2 aromatic carbocycles. The van der Waals surface area contributed by atoms with Gasteiger partial charge >= 0.3 is 6.03 Å². The van der Waals surface area contributed by atoms with Crippen molar-refractivity contribution >= 4 is 18.0 Å². The average molecular weight is 417 g/mol. The molecule has 31 heavy (non-hydrogen) atoms. The first-order valence-electron chi connectivity index (χ1n) is 10.1. The molecule has 1 aromatic heterocycles. The minimum absolute atomic E-state index is 0.0872. The topological polar surface area (TPSA) is 54.3 Å². The third-order valence-electron chi connectivity index (χ3n) is 5.45. The van der Waals surface area contributed by atoms with Gasteiger partial charge in [0.2, 0.25) is 0 Å². The van der Waals surface area contributed by atoms with Crippen molar-refractivity contribution in [2.75, 3.05) is 0 Å². The minimum Gasteiger partial charge on any atom is -0.318 e. The highest BCUT2D eigenvalue weighted by atomic mass is 19.1. The molecule has 0 bridgehead atoms. The number of nitrogens with one attached hydrogen (secondary N) is 1. The van der Waals surface area contributed by atoms with Crippen LogP contribution >= 0.6 is 0 Å². The summed E-state index contributed by atoms with van der Waals surface area (Å²) in [5, 5.41) is 2.66. The summed E-state index contributed by atoms with van der Waals surface area (Å²) in [6, 6.07) is 13.6. The number of hydrogen-bond acceptors (Lipinski definition) is 2. The molecular formula is C25H24FN3O2. The van der Waals surface area contributed by atoms with E-state index in [2.05, 4.69) is 41.9 Å². The van der Waals surface area contributed by atoms with Gasteiger partial charge in [0.05, 0.1) is 6.54 Å². The lowest BCUT2D eigenvalue weighted by molar-refractivity contribution is -0.123. The van der Waals surface area contributed by atoms with E-state index in [0.717, 1.165) is 27.5 Å². The number of aryl methyl sites for hydroxylation is 3. The first kappa shape index (κ1) is 20.6. The fourth-order valence-corrected chi connectivity index (χ4v) is 4.05. The molecular weight excluding hydrogens is 393 g/mol. The van der Waals surface area contributed by atoms with Crippen molar-refractivity contribution in [2.24, 2.45) is 0 Å². The van der Waals surface area contributed by atoms with Gasteiger partial charge in [0.25, 0.3) is 5.91 Å². The van der Waals surface area contributed by atoms with Gasteiger partial charge in [-0.3, -0.25) is 9.69 Å². The predicted octanol–water partition coefficient (Wildman–Crippen LogP) is 4.94. The monoisotopic (exact) mass is 417 g/mol. The summed E-state index contributed by atoms with van der Waals surface area (Å²) < 4.78 is 15.3. The van der Waals surface area contributed by atoms with E-state index in [1.165, 1.54) is 23.3 Å². The van der Waals surface area contributed by atoms with Crippen LogP contribution < -0.4 is 5.32 Å². The Morgan fingerprint density at radius 3 is 2.23 bits per heavy atom. The van der Waals surface area contributed by atoms with Gasteiger partial charge in [-0.05, 0) is 86.4 Å². The number of carbonyl (C=O) groups excluding carboxylic acids is 2. The summed E-state index contributed by atoms with van der Waals surface area (Å²) in [5.74, 6) is -0.758. The van der Waals surface area contributed by atoms with Gasteiger partial charge in [-0.15, -0.1) is 0 Å². The van der Waals surface area contributed by atoms with Crippen molar-refractivity contribution in [1.82, 2.24) is 14.8 Å². The van der Waals surface area contributed by atoms with E-state index >= 15 is 0 Å². The normalized spacial score (nSPS) is 15.1. The zero-order valence-corrected chi connectivity index (χ0v) is 18.0. The largest absolute Gasteiger partial charge is 0.329 e. The molecule has 0 atom stereocenters. The number of nitrogens with zero attached hydrogens (tertiary/aromatic N) is 2. The summed E-state index contributed by atoms with van der Waals surface area (Å²) >= 11 is 0. The van der Waals surface area contributed by atoms with Crippen LogP contribution in [0.3, 0.4) is 0 Å². The summed E-state index contributed by atoms with van der Waals surface area (Å²) in [5.41, 5.74) is 7.21. The fraction of sp³-hybridized carbons (Fsp3) is 0.200. The lowest BCUT2D eigenvalue weighted by Gasteiger charge is -2.12. The van der Waals surface area contributed by atoms with Crippen LogP contribution in [0.25, 0.3) is 11.8 Å². The van der Waals surface area contributed by atoms with E-state index in [9.17, 15) is 14.0 Å². The van der Waals surface area contributed by atoms with Gasteiger partial charge in [0.15, 0.2) is 0 Å². The number of benzene rings is 2. The second-order valence-corrected chi connectivity index (χ2v) is 8.01. The summed E-state index contributed by atoms with van der Waals surface area (Å²) in [6.45, 7) is 8.23. The smallest absolute Gasteiger partial charge is 0.318 e. The molecule has 1 saturated heterocycles. The van der Waals surface area contributed by atoms with E-state index in [4.69, 9.17) is 0 Å². The number of rotatable bonds is 4. The number of carbonyl (C=O) groups is 2. The molecule has 2 heterocycles. The van der Waals surface area contributed by atoms with Crippen LogP contribution in [0.5, 0.6) is 0 Å². The first-order valence-corrected chi connectivity index (χ1v) is 10.1. The van der Waals surface area contributed by atoms with Gasteiger partial charge in [0, 0.05) is 17.1 Å². The van der Waals surface area contributed by atoms with E-state index in [1.807, 2.05) is 19.9 Å². The molecule has 1 fully saturated rings. The van der Waals surface area contributed by atoms with Gasteiger partial charge in [-0.1, -0.05) is 18.2 Å². The molecule has 3 amide bonds. The maximum Gasteiger partial charge on any atom is 0.329 e. The number of urea groups is 1. The molecule has 3 aromatic rings. The molecule has 0 radical (unpaired) electrons. The van der Waals surface area contributed by atoms with Crippen LogP contribution in [0.4, 0.5) is 9.18 Å².